The number of amides is 1. The Bertz CT molecular complexity index is 1010. The van der Waals surface area contributed by atoms with Gasteiger partial charge in [-0.1, -0.05) is 6.07 Å². The molecule has 1 aromatic heterocycles. The van der Waals surface area contributed by atoms with Crippen LogP contribution < -0.4 is 5.32 Å². The highest BCUT2D eigenvalue weighted by atomic mass is 79.9. The van der Waals surface area contributed by atoms with E-state index < -0.39 is 29.4 Å². The second-order valence-electron chi connectivity index (χ2n) is 7.43. The van der Waals surface area contributed by atoms with Gasteiger partial charge in [-0.05, 0) is 72.6 Å². The highest BCUT2D eigenvalue weighted by Gasteiger charge is 2.23. The minimum Gasteiger partial charge on any atom is -0.444 e. The van der Waals surface area contributed by atoms with Gasteiger partial charge in [-0.2, -0.15) is 0 Å². The Labute approximate surface area is 169 Å². The van der Waals surface area contributed by atoms with Gasteiger partial charge in [0.05, 0.1) is 21.5 Å². The third kappa shape index (κ3) is 5.07. The minimum atomic E-state index is -0.671. The Balaban J connectivity index is 1.92. The van der Waals surface area contributed by atoms with Crippen LogP contribution in [0.2, 0.25) is 0 Å². The Morgan fingerprint density at radius 1 is 1.25 bits per heavy atom. The number of fused-ring (bicyclic) bond motifs is 1. The maximum Gasteiger partial charge on any atom is 0.408 e. The molecule has 0 aliphatic rings. The molecular formula is C20H20BrF2N3O2. The quantitative estimate of drug-likeness (QED) is 0.556. The van der Waals surface area contributed by atoms with E-state index in [0.717, 1.165) is 0 Å². The molecule has 1 heterocycles. The first-order valence-electron chi connectivity index (χ1n) is 8.69. The van der Waals surface area contributed by atoms with E-state index in [1.165, 1.54) is 18.2 Å². The van der Waals surface area contributed by atoms with Gasteiger partial charge in [-0.15, -0.1) is 0 Å². The molecule has 0 aliphatic carbocycles. The fraction of sp³-hybridized carbons (Fsp3) is 0.300. The normalized spacial score (nSPS) is 12.8. The number of rotatable bonds is 4. The van der Waals surface area contributed by atoms with Crippen molar-refractivity contribution in [2.45, 2.75) is 38.8 Å². The maximum atomic E-state index is 13.9. The molecule has 0 radical (unpaired) electrons. The van der Waals surface area contributed by atoms with Crippen LogP contribution >= 0.6 is 15.9 Å². The van der Waals surface area contributed by atoms with E-state index in [9.17, 15) is 13.6 Å². The molecule has 2 N–H and O–H groups in total. The van der Waals surface area contributed by atoms with E-state index in [1.54, 1.807) is 39.0 Å². The van der Waals surface area contributed by atoms with Crippen molar-refractivity contribution in [3.63, 3.8) is 0 Å². The number of hydrogen-bond acceptors (Lipinski definition) is 3. The summed E-state index contributed by atoms with van der Waals surface area (Å²) in [5.41, 5.74) is 1.06. The van der Waals surface area contributed by atoms with Crippen LogP contribution in [0.25, 0.3) is 11.0 Å². The molecule has 28 heavy (non-hydrogen) atoms. The lowest BCUT2D eigenvalue weighted by molar-refractivity contribution is 0.0501. The summed E-state index contributed by atoms with van der Waals surface area (Å²) >= 11 is 3.13. The van der Waals surface area contributed by atoms with Crippen molar-refractivity contribution in [1.82, 2.24) is 15.3 Å². The predicted molar refractivity (Wildman–Crippen MR) is 106 cm³/mol. The van der Waals surface area contributed by atoms with E-state index in [-0.39, 0.29) is 6.42 Å². The molecule has 0 spiro atoms. The van der Waals surface area contributed by atoms with Crippen LogP contribution in [0.4, 0.5) is 13.6 Å². The fourth-order valence-corrected chi connectivity index (χ4v) is 2.98. The largest absolute Gasteiger partial charge is 0.444 e. The number of hydrogen-bond donors (Lipinski definition) is 2. The van der Waals surface area contributed by atoms with E-state index in [4.69, 9.17) is 4.74 Å². The number of aromatic amines is 1. The molecule has 0 fully saturated rings. The van der Waals surface area contributed by atoms with Gasteiger partial charge in [0, 0.05) is 6.42 Å². The molecule has 0 aliphatic heterocycles. The highest BCUT2D eigenvalue weighted by molar-refractivity contribution is 9.10. The van der Waals surface area contributed by atoms with Gasteiger partial charge in [0.15, 0.2) is 0 Å². The zero-order chi connectivity index (χ0) is 20.5. The van der Waals surface area contributed by atoms with Gasteiger partial charge in [-0.3, -0.25) is 0 Å². The average molecular weight is 452 g/mol. The van der Waals surface area contributed by atoms with Crippen LogP contribution in [0.1, 0.15) is 38.2 Å². The summed E-state index contributed by atoms with van der Waals surface area (Å²) in [6.45, 7) is 5.28. The molecule has 8 heteroatoms. The third-order valence-electron chi connectivity index (χ3n) is 3.91. The van der Waals surface area contributed by atoms with E-state index in [0.29, 0.717) is 26.9 Å². The van der Waals surface area contributed by atoms with Gasteiger partial charge in [0.25, 0.3) is 0 Å². The predicted octanol–water partition coefficient (Wildman–Crippen LogP) is 5.41. The average Bonchev–Trinajstić information content (AvgIpc) is 2.99. The van der Waals surface area contributed by atoms with Gasteiger partial charge < -0.3 is 15.0 Å². The van der Waals surface area contributed by atoms with E-state index >= 15 is 0 Å². The first-order valence-corrected chi connectivity index (χ1v) is 9.48. The summed E-state index contributed by atoms with van der Waals surface area (Å²) < 4.78 is 33.1. The Morgan fingerprint density at radius 2 is 2.00 bits per heavy atom. The summed E-state index contributed by atoms with van der Waals surface area (Å²) in [4.78, 5) is 19.8. The second-order valence-corrected chi connectivity index (χ2v) is 8.29. The monoisotopic (exact) mass is 451 g/mol. The van der Waals surface area contributed by atoms with E-state index in [2.05, 4.69) is 31.2 Å². The Morgan fingerprint density at radius 3 is 2.68 bits per heavy atom. The second kappa shape index (κ2) is 7.87. The standard InChI is InChI=1S/C20H20BrF2N3O2/c1-20(2,3)28-19(27)26-17(9-11-4-6-13(21)14(23)8-11)18-24-15-7-5-12(22)10-16(15)25-18/h4-8,10,17H,9H2,1-3H3,(H,24,25)(H,26,27). The molecule has 5 nitrogen and oxygen atoms in total. The Hall–Kier alpha value is -2.48. The number of nitrogens with one attached hydrogen (secondary N) is 2. The molecule has 0 saturated carbocycles. The van der Waals surface area contributed by atoms with Gasteiger partial charge in [-0.25, -0.2) is 18.6 Å². The number of ether oxygens (including phenoxy) is 1. The van der Waals surface area contributed by atoms with Crippen LogP contribution in [0.15, 0.2) is 40.9 Å². The molecule has 0 saturated heterocycles. The fourth-order valence-electron chi connectivity index (χ4n) is 2.73. The van der Waals surface area contributed by atoms with Gasteiger partial charge >= 0.3 is 6.09 Å². The topological polar surface area (TPSA) is 67.0 Å². The Kier molecular flexibility index (Phi) is 5.69. The molecule has 3 aromatic rings. The lowest BCUT2D eigenvalue weighted by Gasteiger charge is -2.23. The SMILES string of the molecule is CC(C)(C)OC(=O)NC(Cc1ccc(Br)c(F)c1)c1nc2ccc(F)cc2[nH]1. The lowest BCUT2D eigenvalue weighted by Crippen LogP contribution is -2.36. The van der Waals surface area contributed by atoms with Crippen molar-refractivity contribution < 1.29 is 18.3 Å². The summed E-state index contributed by atoms with van der Waals surface area (Å²) in [6.07, 6.45) is -0.354. The van der Waals surface area contributed by atoms with E-state index in [1.807, 2.05) is 0 Å². The van der Waals surface area contributed by atoms with Crippen LogP contribution in [0.5, 0.6) is 0 Å². The number of carbonyl (C=O) groups excluding carboxylic acids is 1. The van der Waals surface area contributed by atoms with Crippen molar-refractivity contribution >= 4 is 33.1 Å². The molecule has 3 rings (SSSR count). The molecular weight excluding hydrogens is 432 g/mol. The number of halogens is 3. The van der Waals surface area contributed by atoms with Gasteiger partial charge in [0.1, 0.15) is 23.1 Å². The highest BCUT2D eigenvalue weighted by Crippen LogP contribution is 2.23. The van der Waals surface area contributed by atoms with Crippen molar-refractivity contribution in [1.29, 1.82) is 0 Å². The van der Waals surface area contributed by atoms with Crippen LogP contribution in [0.3, 0.4) is 0 Å². The molecule has 148 valence electrons. The van der Waals surface area contributed by atoms with Crippen molar-refractivity contribution in [3.8, 4) is 0 Å². The number of nitrogens with zero attached hydrogens (tertiary/aromatic N) is 1. The zero-order valence-corrected chi connectivity index (χ0v) is 17.2. The number of carbonyl (C=O) groups is 1. The van der Waals surface area contributed by atoms with Gasteiger partial charge in [0.2, 0.25) is 0 Å². The number of H-pyrrole nitrogens is 1. The van der Waals surface area contributed by atoms with Crippen molar-refractivity contribution in [2.24, 2.45) is 0 Å². The number of aromatic nitrogens is 2. The molecule has 0 bridgehead atoms. The molecule has 1 unspecified atom stereocenters. The van der Waals surface area contributed by atoms with Crippen molar-refractivity contribution in [3.05, 3.63) is 63.9 Å². The summed E-state index contributed by atoms with van der Waals surface area (Å²) in [7, 11) is 0. The van der Waals surface area contributed by atoms with Crippen LogP contribution in [-0.4, -0.2) is 21.7 Å². The number of imidazole rings is 1. The van der Waals surface area contributed by atoms with Crippen LogP contribution in [0, 0.1) is 11.6 Å². The first kappa shape index (κ1) is 20.3. The molecule has 1 amide bonds. The summed E-state index contributed by atoms with van der Waals surface area (Å²) in [6, 6.07) is 8.31. The summed E-state index contributed by atoms with van der Waals surface area (Å²) in [5, 5.41) is 2.77. The molecule has 2 aromatic carbocycles. The van der Waals surface area contributed by atoms with Crippen molar-refractivity contribution in [2.75, 3.05) is 0 Å². The lowest BCUT2D eigenvalue weighted by atomic mass is 10.1. The first-order chi connectivity index (χ1) is 13.1. The smallest absolute Gasteiger partial charge is 0.408 e. The van der Waals surface area contributed by atoms with Crippen LogP contribution in [-0.2, 0) is 11.2 Å². The molecule has 1 atom stereocenters. The zero-order valence-electron chi connectivity index (χ0n) is 15.6. The number of alkyl carbamates (subject to hydrolysis) is 1. The summed E-state index contributed by atoms with van der Waals surface area (Å²) in [5.74, 6) is -0.371. The third-order valence-corrected chi connectivity index (χ3v) is 4.55. The minimum absolute atomic E-state index is 0.270. The number of benzene rings is 2. The maximum absolute atomic E-state index is 13.9.